The molecule has 0 saturated heterocycles. The van der Waals surface area contributed by atoms with E-state index in [0.29, 0.717) is 11.3 Å². The van der Waals surface area contributed by atoms with Gasteiger partial charge in [-0.3, -0.25) is 4.79 Å². The van der Waals surface area contributed by atoms with Gasteiger partial charge in [-0.25, -0.2) is 14.4 Å². The molecule has 1 saturated carbocycles. The van der Waals surface area contributed by atoms with Crippen molar-refractivity contribution >= 4 is 29.1 Å². The van der Waals surface area contributed by atoms with Crippen molar-refractivity contribution < 1.29 is 9.18 Å². The van der Waals surface area contributed by atoms with E-state index in [0.717, 1.165) is 52.4 Å². The molecule has 1 aliphatic carbocycles. The zero-order valence-corrected chi connectivity index (χ0v) is 17.8. The Bertz CT molecular complexity index is 1150. The maximum Gasteiger partial charge on any atom is 0.253 e. The Balaban J connectivity index is 1.54. The van der Waals surface area contributed by atoms with Crippen LogP contribution in [0.1, 0.15) is 53.6 Å². The van der Waals surface area contributed by atoms with Crippen LogP contribution in [0.5, 0.6) is 0 Å². The van der Waals surface area contributed by atoms with Gasteiger partial charge >= 0.3 is 0 Å². The Hall–Kier alpha value is -2.99. The van der Waals surface area contributed by atoms with E-state index >= 15 is 0 Å². The Morgan fingerprint density at radius 3 is 2.61 bits per heavy atom. The molecule has 1 amide bonds. The molecule has 0 spiro atoms. The summed E-state index contributed by atoms with van der Waals surface area (Å²) < 4.78 is 13.5. The largest absolute Gasteiger partial charge is 0.349 e. The molecule has 0 radical (unpaired) electrons. The normalized spacial score (nSPS) is 16.0. The lowest BCUT2D eigenvalue weighted by Gasteiger charge is -2.22. The number of hydrogen-bond donors (Lipinski definition) is 1. The van der Waals surface area contributed by atoms with Gasteiger partial charge in [0.2, 0.25) is 0 Å². The third-order valence-corrected chi connectivity index (χ3v) is 6.82. The van der Waals surface area contributed by atoms with Crippen LogP contribution in [0.25, 0.3) is 0 Å². The first-order chi connectivity index (χ1) is 15.2. The van der Waals surface area contributed by atoms with Gasteiger partial charge in [0.15, 0.2) is 0 Å². The highest BCUT2D eigenvalue weighted by atomic mass is 32.2. The second-order valence-corrected chi connectivity index (χ2v) is 8.95. The molecule has 0 unspecified atom stereocenters. The van der Waals surface area contributed by atoms with Gasteiger partial charge in [0, 0.05) is 28.3 Å². The molecule has 4 nitrogen and oxygen atoms in total. The number of halogens is 1. The fourth-order valence-corrected chi connectivity index (χ4v) is 5.05. The fraction of sp³-hybridized carbons (Fsp3) is 0.240. The lowest BCUT2D eigenvalue weighted by Crippen LogP contribution is -2.36. The summed E-state index contributed by atoms with van der Waals surface area (Å²) in [6, 6.07) is 16.3. The highest BCUT2D eigenvalue weighted by molar-refractivity contribution is 7.99. The Kier molecular flexibility index (Phi) is 5.55. The average Bonchev–Trinajstić information content (AvgIpc) is 2.96. The standard InChI is InChI=1S/C25H22FN3OS/c26-18-12-10-16(11-13-18)23-20-8-4-5-9-22(20)31-25-21(29-23)14-17(15-27-25)24(30)28-19-6-2-1-3-7-19/h4-5,8-15,19H,1-3,6-7H2,(H,28,30). The van der Waals surface area contributed by atoms with Crippen LogP contribution in [-0.2, 0) is 0 Å². The molecule has 6 heteroatoms. The molecule has 5 rings (SSSR count). The van der Waals surface area contributed by atoms with Crippen LogP contribution in [-0.4, -0.2) is 22.6 Å². The van der Waals surface area contributed by atoms with Gasteiger partial charge in [-0.15, -0.1) is 0 Å². The molecule has 1 aromatic heterocycles. The van der Waals surface area contributed by atoms with Crippen molar-refractivity contribution in [2.75, 3.05) is 0 Å². The third-order valence-electron chi connectivity index (χ3n) is 5.73. The first kappa shape index (κ1) is 19.9. The van der Waals surface area contributed by atoms with Crippen LogP contribution in [0.2, 0.25) is 0 Å². The Morgan fingerprint density at radius 1 is 1.03 bits per heavy atom. The summed E-state index contributed by atoms with van der Waals surface area (Å²) in [6.07, 6.45) is 7.25. The van der Waals surface area contributed by atoms with E-state index in [1.807, 2.05) is 30.3 Å². The third kappa shape index (κ3) is 4.26. The van der Waals surface area contributed by atoms with E-state index in [2.05, 4.69) is 10.3 Å². The van der Waals surface area contributed by atoms with Gasteiger partial charge in [-0.1, -0.05) is 49.2 Å². The fourth-order valence-electron chi connectivity index (χ4n) is 4.10. The maximum absolute atomic E-state index is 13.5. The SMILES string of the molecule is O=C(NC1CCCCC1)c1cnc2c(c1)N=C(c1ccc(F)cc1)c1ccccc1S2. The number of benzene rings is 2. The van der Waals surface area contributed by atoms with E-state index in [1.165, 1.54) is 30.3 Å². The van der Waals surface area contributed by atoms with Gasteiger partial charge in [0.05, 0.1) is 17.0 Å². The number of pyridine rings is 1. The molecule has 1 N–H and O–H groups in total. The van der Waals surface area contributed by atoms with Gasteiger partial charge in [-0.05, 0) is 49.2 Å². The number of nitrogens with one attached hydrogen (secondary N) is 1. The molecular formula is C25H22FN3OS. The molecular weight excluding hydrogens is 409 g/mol. The van der Waals surface area contributed by atoms with Crippen LogP contribution < -0.4 is 5.32 Å². The number of hydrogen-bond acceptors (Lipinski definition) is 4. The van der Waals surface area contributed by atoms with Gasteiger partial charge in [0.1, 0.15) is 10.8 Å². The van der Waals surface area contributed by atoms with Gasteiger partial charge < -0.3 is 5.32 Å². The number of aliphatic imine (C=N–C) groups is 1. The van der Waals surface area contributed by atoms with Gasteiger partial charge in [0.25, 0.3) is 5.91 Å². The summed E-state index contributed by atoms with van der Waals surface area (Å²) in [5.41, 5.74) is 3.69. The number of amides is 1. The minimum atomic E-state index is -0.288. The number of carbonyl (C=O) groups excluding carboxylic acids is 1. The number of rotatable bonds is 3. The van der Waals surface area contributed by atoms with E-state index in [9.17, 15) is 9.18 Å². The highest BCUT2D eigenvalue weighted by Gasteiger charge is 2.22. The van der Waals surface area contributed by atoms with Crippen molar-refractivity contribution in [1.82, 2.24) is 10.3 Å². The van der Waals surface area contributed by atoms with Crippen LogP contribution in [0.4, 0.5) is 10.1 Å². The second kappa shape index (κ2) is 8.63. The zero-order chi connectivity index (χ0) is 21.2. The van der Waals surface area contributed by atoms with E-state index in [4.69, 9.17) is 4.99 Å². The smallest absolute Gasteiger partial charge is 0.253 e. The number of fused-ring (bicyclic) bond motifs is 2. The maximum atomic E-state index is 13.5. The molecule has 0 atom stereocenters. The highest BCUT2D eigenvalue weighted by Crippen LogP contribution is 2.40. The molecule has 0 bridgehead atoms. The minimum Gasteiger partial charge on any atom is -0.349 e. The number of aromatic nitrogens is 1. The zero-order valence-electron chi connectivity index (χ0n) is 17.0. The monoisotopic (exact) mass is 431 g/mol. The summed E-state index contributed by atoms with van der Waals surface area (Å²) >= 11 is 1.53. The minimum absolute atomic E-state index is 0.104. The van der Waals surface area contributed by atoms with Crippen LogP contribution in [0.3, 0.4) is 0 Å². The van der Waals surface area contributed by atoms with Crippen LogP contribution >= 0.6 is 11.8 Å². The van der Waals surface area contributed by atoms with Crippen LogP contribution in [0, 0.1) is 5.82 Å². The molecule has 1 aliphatic heterocycles. The Morgan fingerprint density at radius 2 is 1.81 bits per heavy atom. The molecule has 156 valence electrons. The lowest BCUT2D eigenvalue weighted by atomic mass is 9.95. The Labute approximate surface area is 185 Å². The molecule has 3 aromatic rings. The van der Waals surface area contributed by atoms with Crippen molar-refractivity contribution in [1.29, 1.82) is 0 Å². The first-order valence-corrected chi connectivity index (χ1v) is 11.4. The molecule has 2 heterocycles. The van der Waals surface area contributed by atoms with Crippen molar-refractivity contribution in [3.8, 4) is 0 Å². The van der Waals surface area contributed by atoms with Crippen molar-refractivity contribution in [2.45, 2.75) is 48.1 Å². The quantitative estimate of drug-likeness (QED) is 0.438. The average molecular weight is 432 g/mol. The molecule has 2 aromatic carbocycles. The van der Waals surface area contributed by atoms with Crippen molar-refractivity contribution in [2.24, 2.45) is 4.99 Å². The number of nitrogens with zero attached hydrogens (tertiary/aromatic N) is 2. The predicted molar refractivity (Wildman–Crippen MR) is 121 cm³/mol. The van der Waals surface area contributed by atoms with E-state index in [-0.39, 0.29) is 17.8 Å². The lowest BCUT2D eigenvalue weighted by molar-refractivity contribution is 0.0927. The summed E-state index contributed by atoms with van der Waals surface area (Å²) in [6.45, 7) is 0. The topological polar surface area (TPSA) is 54.4 Å². The van der Waals surface area contributed by atoms with E-state index in [1.54, 1.807) is 18.3 Å². The van der Waals surface area contributed by atoms with Crippen molar-refractivity contribution in [3.05, 3.63) is 83.3 Å². The molecule has 2 aliphatic rings. The van der Waals surface area contributed by atoms with Crippen molar-refractivity contribution in [3.63, 3.8) is 0 Å². The van der Waals surface area contributed by atoms with E-state index < -0.39 is 0 Å². The van der Waals surface area contributed by atoms with Gasteiger partial charge in [-0.2, -0.15) is 0 Å². The van der Waals surface area contributed by atoms with Crippen LogP contribution in [0.15, 0.2) is 75.7 Å². The predicted octanol–water partition coefficient (Wildman–Crippen LogP) is 5.92. The molecule has 31 heavy (non-hydrogen) atoms. The number of carbonyl (C=O) groups is 1. The second-order valence-electron chi connectivity index (χ2n) is 7.92. The summed E-state index contributed by atoms with van der Waals surface area (Å²) in [4.78, 5) is 23.3. The summed E-state index contributed by atoms with van der Waals surface area (Å²) in [5.74, 6) is -0.392. The summed E-state index contributed by atoms with van der Waals surface area (Å²) in [5, 5.41) is 3.90. The molecule has 1 fully saturated rings. The first-order valence-electron chi connectivity index (χ1n) is 10.6. The summed E-state index contributed by atoms with van der Waals surface area (Å²) in [7, 11) is 0.